The molecule has 1 rings (SSSR count). The van der Waals surface area contributed by atoms with Gasteiger partial charge in [-0.1, -0.05) is 30.3 Å². The van der Waals surface area contributed by atoms with Crippen LogP contribution < -0.4 is 26.6 Å². The highest BCUT2D eigenvalue weighted by Gasteiger charge is 2.26. The second-order valence-corrected chi connectivity index (χ2v) is 9.53. The summed E-state index contributed by atoms with van der Waals surface area (Å²) in [4.78, 5) is 83.2. The van der Waals surface area contributed by atoms with Gasteiger partial charge in [0.05, 0.1) is 0 Å². The summed E-state index contributed by atoms with van der Waals surface area (Å²) < 4.78 is 5.11. The van der Waals surface area contributed by atoms with Crippen LogP contribution in [0.15, 0.2) is 30.3 Å². The van der Waals surface area contributed by atoms with E-state index in [0.717, 1.165) is 5.56 Å². The fraction of sp³-hybridized carbons (Fsp3) is 0.519. The summed E-state index contributed by atoms with van der Waals surface area (Å²) in [7, 11) is 0. The lowest BCUT2D eigenvalue weighted by molar-refractivity contribution is -0.141. The maximum absolute atomic E-state index is 12.7. The highest BCUT2D eigenvalue weighted by molar-refractivity contribution is 5.92. The average Bonchev–Trinajstić information content (AvgIpc) is 2.93. The van der Waals surface area contributed by atoms with Crippen molar-refractivity contribution in [1.29, 1.82) is 0 Å². The molecule has 1 aromatic rings. The Kier molecular flexibility index (Phi) is 15.7. The number of alkyl carbamates (subject to hydrolysis) is 1. The molecule has 15 nitrogen and oxygen atoms in total. The molecule has 5 amide bonds. The third-order valence-corrected chi connectivity index (χ3v) is 5.86. The summed E-state index contributed by atoms with van der Waals surface area (Å²) in [6.07, 6.45) is -0.519. The third kappa shape index (κ3) is 14.6. The number of nitrogens with one attached hydrogen (secondary N) is 5. The second-order valence-electron chi connectivity index (χ2n) is 9.53. The first-order valence-electron chi connectivity index (χ1n) is 13.4. The van der Waals surface area contributed by atoms with E-state index in [0.29, 0.717) is 12.8 Å². The van der Waals surface area contributed by atoms with Crippen molar-refractivity contribution in [3.05, 3.63) is 35.9 Å². The Morgan fingerprint density at radius 2 is 1.38 bits per heavy atom. The number of carboxylic acids is 2. The van der Waals surface area contributed by atoms with Gasteiger partial charge in [-0.2, -0.15) is 0 Å². The van der Waals surface area contributed by atoms with E-state index in [1.54, 1.807) is 30.3 Å². The predicted octanol–water partition coefficient (Wildman–Crippen LogP) is 0.0314. The Morgan fingerprint density at radius 1 is 0.762 bits per heavy atom. The minimum Gasteiger partial charge on any atom is -0.481 e. The number of carbonyl (C=O) groups excluding carboxylic acids is 5. The number of carboxylic acid groups (broad SMARTS) is 2. The van der Waals surface area contributed by atoms with E-state index < -0.39 is 65.8 Å². The standard InChI is InChI=1S/C27H39N5O10/c1-16(23(36)30-17(2)26(39)40)29-25(38)20(31-18(3)33)11-7-8-14-28-24(37)21(12-13-22(34)35)32-27(41)42-15-19-9-5-4-6-10-19/h4-6,9-10,16-17,20-21H,7-8,11-15H2,1-3H3,(H,28,37)(H,29,38)(H,30,36)(H,31,33)(H,32,41)(H,34,35)(H,39,40)/t16-,17-,20+,21+/m1/s1. The fourth-order valence-electron chi connectivity index (χ4n) is 3.55. The molecule has 232 valence electrons. The van der Waals surface area contributed by atoms with Crippen molar-refractivity contribution in [3.8, 4) is 0 Å². The molecule has 0 aliphatic heterocycles. The van der Waals surface area contributed by atoms with E-state index in [4.69, 9.17) is 14.9 Å². The number of ether oxygens (including phenoxy) is 1. The summed E-state index contributed by atoms with van der Waals surface area (Å²) >= 11 is 0. The molecular weight excluding hydrogens is 554 g/mol. The number of benzene rings is 1. The zero-order valence-electron chi connectivity index (χ0n) is 23.8. The quantitative estimate of drug-likeness (QED) is 0.113. The molecule has 0 aliphatic rings. The van der Waals surface area contributed by atoms with Crippen LogP contribution in [-0.2, 0) is 40.1 Å². The number of aliphatic carboxylic acids is 2. The van der Waals surface area contributed by atoms with Crippen molar-refractivity contribution in [1.82, 2.24) is 26.6 Å². The van der Waals surface area contributed by atoms with Crippen molar-refractivity contribution in [3.63, 3.8) is 0 Å². The minimum absolute atomic E-state index is 0.0338. The van der Waals surface area contributed by atoms with Gasteiger partial charge in [-0.3, -0.25) is 28.8 Å². The largest absolute Gasteiger partial charge is 0.481 e. The van der Waals surface area contributed by atoms with Gasteiger partial charge in [-0.15, -0.1) is 0 Å². The molecule has 15 heteroatoms. The smallest absolute Gasteiger partial charge is 0.408 e. The molecule has 7 N–H and O–H groups in total. The van der Waals surface area contributed by atoms with Crippen LogP contribution in [0.5, 0.6) is 0 Å². The molecule has 0 aromatic heterocycles. The molecule has 4 atom stereocenters. The van der Waals surface area contributed by atoms with E-state index in [1.807, 2.05) is 0 Å². The Hall–Kier alpha value is -4.69. The molecular formula is C27H39N5O10. The first kappa shape index (κ1) is 35.3. The predicted molar refractivity (Wildman–Crippen MR) is 148 cm³/mol. The normalized spacial score (nSPS) is 13.3. The van der Waals surface area contributed by atoms with Crippen molar-refractivity contribution in [2.75, 3.05) is 6.54 Å². The van der Waals surface area contributed by atoms with Crippen molar-refractivity contribution < 1.29 is 48.5 Å². The van der Waals surface area contributed by atoms with Crippen LogP contribution in [0.3, 0.4) is 0 Å². The number of hydrogen-bond donors (Lipinski definition) is 7. The zero-order chi connectivity index (χ0) is 31.7. The molecule has 0 unspecified atom stereocenters. The molecule has 1 aromatic carbocycles. The Labute approximate surface area is 243 Å². The van der Waals surface area contributed by atoms with Gasteiger partial charge in [0.1, 0.15) is 30.8 Å². The van der Waals surface area contributed by atoms with E-state index in [-0.39, 0.29) is 32.4 Å². The average molecular weight is 594 g/mol. The lowest BCUT2D eigenvalue weighted by atomic mass is 10.1. The van der Waals surface area contributed by atoms with E-state index in [9.17, 15) is 33.6 Å². The monoisotopic (exact) mass is 593 g/mol. The lowest BCUT2D eigenvalue weighted by Crippen LogP contribution is -2.54. The number of amides is 5. The van der Waals surface area contributed by atoms with Gasteiger partial charge < -0.3 is 41.5 Å². The van der Waals surface area contributed by atoms with Crippen molar-refractivity contribution >= 4 is 41.7 Å². The first-order chi connectivity index (χ1) is 19.8. The highest BCUT2D eigenvalue weighted by Crippen LogP contribution is 2.05. The summed E-state index contributed by atoms with van der Waals surface area (Å²) in [6.45, 7) is 3.96. The van der Waals surface area contributed by atoms with Crippen molar-refractivity contribution in [2.24, 2.45) is 0 Å². The number of hydrogen-bond acceptors (Lipinski definition) is 8. The maximum Gasteiger partial charge on any atom is 0.408 e. The van der Waals surface area contributed by atoms with Gasteiger partial charge >= 0.3 is 18.0 Å². The number of carbonyl (C=O) groups is 7. The highest BCUT2D eigenvalue weighted by atomic mass is 16.5. The van der Waals surface area contributed by atoms with Crippen LogP contribution >= 0.6 is 0 Å². The van der Waals surface area contributed by atoms with E-state index in [2.05, 4.69) is 26.6 Å². The molecule has 0 aliphatic carbocycles. The van der Waals surface area contributed by atoms with Crippen LogP contribution in [0.25, 0.3) is 0 Å². The molecule has 42 heavy (non-hydrogen) atoms. The van der Waals surface area contributed by atoms with Crippen LogP contribution in [0.4, 0.5) is 4.79 Å². The van der Waals surface area contributed by atoms with E-state index >= 15 is 0 Å². The zero-order valence-corrected chi connectivity index (χ0v) is 23.8. The SMILES string of the molecule is CC(=O)N[C@@H](CCCCNC(=O)[C@H](CCC(=O)O)NC(=O)OCc1ccccc1)C(=O)N[C@H](C)C(=O)N[C@H](C)C(=O)O. The topological polar surface area (TPSA) is 229 Å². The fourth-order valence-corrected chi connectivity index (χ4v) is 3.55. The number of rotatable bonds is 18. The summed E-state index contributed by atoms with van der Waals surface area (Å²) in [5.74, 6) is -4.83. The molecule has 0 heterocycles. The van der Waals surface area contributed by atoms with Gasteiger partial charge in [0.15, 0.2) is 0 Å². The summed E-state index contributed by atoms with van der Waals surface area (Å²) in [5, 5.41) is 30.1. The van der Waals surface area contributed by atoms with Gasteiger partial charge in [0.25, 0.3) is 0 Å². The summed E-state index contributed by atoms with van der Waals surface area (Å²) in [6, 6.07) is 4.49. The van der Waals surface area contributed by atoms with Crippen LogP contribution in [-0.4, -0.2) is 82.6 Å². The molecule has 0 saturated carbocycles. The lowest BCUT2D eigenvalue weighted by Gasteiger charge is -2.21. The van der Waals surface area contributed by atoms with Gasteiger partial charge in [-0.05, 0) is 45.1 Å². The minimum atomic E-state index is -1.24. The molecule has 0 bridgehead atoms. The van der Waals surface area contributed by atoms with Crippen LogP contribution in [0, 0.1) is 0 Å². The van der Waals surface area contributed by atoms with E-state index in [1.165, 1.54) is 20.8 Å². The van der Waals surface area contributed by atoms with Gasteiger partial charge in [0, 0.05) is 19.9 Å². The van der Waals surface area contributed by atoms with Crippen molar-refractivity contribution in [2.45, 2.75) is 83.6 Å². The third-order valence-electron chi connectivity index (χ3n) is 5.86. The molecule has 0 fully saturated rings. The number of unbranched alkanes of at least 4 members (excludes halogenated alkanes) is 1. The van der Waals surface area contributed by atoms with Gasteiger partial charge in [0.2, 0.25) is 23.6 Å². The van der Waals surface area contributed by atoms with Gasteiger partial charge in [-0.25, -0.2) is 4.79 Å². The first-order valence-corrected chi connectivity index (χ1v) is 13.4. The van der Waals surface area contributed by atoms with Crippen LogP contribution in [0.1, 0.15) is 58.4 Å². The molecule has 0 radical (unpaired) electrons. The Bertz CT molecular complexity index is 1100. The second kappa shape index (κ2) is 18.6. The maximum atomic E-state index is 12.7. The summed E-state index contributed by atoms with van der Waals surface area (Å²) in [5.41, 5.74) is 0.732. The van der Waals surface area contributed by atoms with Crippen LogP contribution in [0.2, 0.25) is 0 Å². The Balaban J connectivity index is 2.58. The molecule has 0 spiro atoms. The molecule has 0 saturated heterocycles. The Morgan fingerprint density at radius 3 is 1.98 bits per heavy atom.